The van der Waals surface area contributed by atoms with Gasteiger partial charge in [0.2, 0.25) is 0 Å². The Balaban J connectivity index is 1.93. The molecule has 19 heavy (non-hydrogen) atoms. The second-order valence-corrected chi connectivity index (χ2v) is 5.04. The first kappa shape index (κ1) is 14.3. The zero-order chi connectivity index (χ0) is 13.7. The van der Waals surface area contributed by atoms with E-state index >= 15 is 0 Å². The Hall–Kier alpha value is -1.10. The van der Waals surface area contributed by atoms with E-state index in [4.69, 9.17) is 9.47 Å². The summed E-state index contributed by atoms with van der Waals surface area (Å²) in [6.07, 6.45) is 1.88. The van der Waals surface area contributed by atoms with Crippen molar-refractivity contribution in [2.75, 3.05) is 33.9 Å². The maximum Gasteiger partial charge on any atom is 0.118 e. The number of benzene rings is 1. The lowest BCUT2D eigenvalue weighted by molar-refractivity contribution is 0.0703. The molecule has 0 aliphatic carbocycles. The van der Waals surface area contributed by atoms with Gasteiger partial charge in [-0.15, -0.1) is 0 Å². The van der Waals surface area contributed by atoms with Crippen LogP contribution < -0.4 is 4.74 Å². The molecule has 1 heterocycles. The standard InChI is InChI=1S/C15H23NO3/c1-18-11-13-4-3-9-16(13)10-15(17)12-5-7-14(19-2)8-6-12/h5-8,13,15,17H,3-4,9-11H2,1-2H3/t13-,15+/m0/s1. The molecule has 2 rings (SSSR count). The third kappa shape index (κ3) is 3.69. The van der Waals surface area contributed by atoms with Crippen LogP contribution in [-0.4, -0.2) is 50.0 Å². The van der Waals surface area contributed by atoms with Crippen LogP contribution >= 0.6 is 0 Å². The van der Waals surface area contributed by atoms with Gasteiger partial charge in [-0.05, 0) is 37.1 Å². The van der Waals surface area contributed by atoms with Crippen LogP contribution in [0.1, 0.15) is 24.5 Å². The van der Waals surface area contributed by atoms with Gasteiger partial charge in [0.1, 0.15) is 5.75 Å². The largest absolute Gasteiger partial charge is 0.497 e. The average molecular weight is 265 g/mol. The summed E-state index contributed by atoms with van der Waals surface area (Å²) in [5, 5.41) is 10.3. The normalized spacial score (nSPS) is 21.5. The van der Waals surface area contributed by atoms with E-state index < -0.39 is 6.10 Å². The molecule has 1 saturated heterocycles. The third-order valence-corrected chi connectivity index (χ3v) is 3.77. The van der Waals surface area contributed by atoms with Gasteiger partial charge in [-0.3, -0.25) is 4.90 Å². The molecule has 1 aromatic carbocycles. The maximum atomic E-state index is 10.3. The van der Waals surface area contributed by atoms with Crippen molar-refractivity contribution in [3.05, 3.63) is 29.8 Å². The van der Waals surface area contributed by atoms with Crippen molar-refractivity contribution in [3.63, 3.8) is 0 Å². The lowest BCUT2D eigenvalue weighted by Gasteiger charge is -2.26. The maximum absolute atomic E-state index is 10.3. The average Bonchev–Trinajstić information content (AvgIpc) is 2.86. The fourth-order valence-corrected chi connectivity index (χ4v) is 2.67. The van der Waals surface area contributed by atoms with E-state index in [0.717, 1.165) is 30.9 Å². The zero-order valence-electron chi connectivity index (χ0n) is 11.7. The minimum Gasteiger partial charge on any atom is -0.497 e. The molecule has 0 radical (unpaired) electrons. The van der Waals surface area contributed by atoms with Gasteiger partial charge in [0.25, 0.3) is 0 Å². The van der Waals surface area contributed by atoms with Crippen molar-refractivity contribution < 1.29 is 14.6 Å². The first-order valence-corrected chi connectivity index (χ1v) is 6.79. The summed E-state index contributed by atoms with van der Waals surface area (Å²) >= 11 is 0. The number of aliphatic hydroxyl groups is 1. The SMILES string of the molecule is COC[C@@H]1CCCN1C[C@@H](O)c1ccc(OC)cc1. The predicted molar refractivity (Wildman–Crippen MR) is 74.4 cm³/mol. The number of ether oxygens (including phenoxy) is 2. The number of nitrogens with zero attached hydrogens (tertiary/aromatic N) is 1. The number of hydrogen-bond acceptors (Lipinski definition) is 4. The van der Waals surface area contributed by atoms with Crippen LogP contribution in [0.2, 0.25) is 0 Å². The number of hydrogen-bond donors (Lipinski definition) is 1. The fraction of sp³-hybridized carbons (Fsp3) is 0.600. The number of likely N-dealkylation sites (tertiary alicyclic amines) is 1. The van der Waals surface area contributed by atoms with Crippen LogP contribution in [-0.2, 0) is 4.74 Å². The molecule has 1 aliphatic rings. The van der Waals surface area contributed by atoms with Crippen LogP contribution in [0.4, 0.5) is 0 Å². The summed E-state index contributed by atoms with van der Waals surface area (Å²) < 4.78 is 10.4. The molecule has 1 aromatic rings. The number of methoxy groups -OCH3 is 2. The molecule has 0 saturated carbocycles. The predicted octanol–water partition coefficient (Wildman–Crippen LogP) is 1.84. The highest BCUT2D eigenvalue weighted by atomic mass is 16.5. The number of β-amino-alcohol motifs (C(OH)–C–C–N with tert-alkyl or cyclic N) is 1. The number of aliphatic hydroxyl groups excluding tert-OH is 1. The minimum atomic E-state index is -0.455. The molecule has 0 bridgehead atoms. The summed E-state index contributed by atoms with van der Waals surface area (Å²) in [5.41, 5.74) is 0.934. The molecule has 0 aromatic heterocycles. The first-order chi connectivity index (χ1) is 9.24. The van der Waals surface area contributed by atoms with Crippen LogP contribution in [0.5, 0.6) is 5.75 Å². The van der Waals surface area contributed by atoms with Crippen molar-refractivity contribution in [2.45, 2.75) is 25.0 Å². The molecule has 0 amide bonds. The second-order valence-electron chi connectivity index (χ2n) is 5.04. The molecule has 0 spiro atoms. The zero-order valence-corrected chi connectivity index (χ0v) is 11.7. The molecule has 4 heteroatoms. The lowest BCUT2D eigenvalue weighted by Crippen LogP contribution is -2.36. The van der Waals surface area contributed by atoms with E-state index in [-0.39, 0.29) is 0 Å². The van der Waals surface area contributed by atoms with Crippen molar-refractivity contribution in [3.8, 4) is 5.75 Å². The van der Waals surface area contributed by atoms with Crippen molar-refractivity contribution in [1.29, 1.82) is 0 Å². The highest BCUT2D eigenvalue weighted by Crippen LogP contribution is 2.23. The van der Waals surface area contributed by atoms with Crippen LogP contribution in [0.3, 0.4) is 0 Å². The Morgan fingerprint density at radius 3 is 2.68 bits per heavy atom. The number of rotatable bonds is 6. The monoisotopic (exact) mass is 265 g/mol. The van der Waals surface area contributed by atoms with Crippen LogP contribution in [0, 0.1) is 0 Å². The Morgan fingerprint density at radius 1 is 1.32 bits per heavy atom. The molecular weight excluding hydrogens is 242 g/mol. The quantitative estimate of drug-likeness (QED) is 0.852. The van der Waals surface area contributed by atoms with E-state index in [1.807, 2.05) is 24.3 Å². The highest BCUT2D eigenvalue weighted by molar-refractivity contribution is 5.28. The highest BCUT2D eigenvalue weighted by Gasteiger charge is 2.26. The lowest BCUT2D eigenvalue weighted by atomic mass is 10.1. The van der Waals surface area contributed by atoms with E-state index in [1.54, 1.807) is 14.2 Å². The summed E-state index contributed by atoms with van der Waals surface area (Å²) in [6.45, 7) is 2.46. The Kier molecular flexibility index (Phi) is 5.19. The second kappa shape index (κ2) is 6.89. The van der Waals surface area contributed by atoms with Gasteiger partial charge in [-0.1, -0.05) is 12.1 Å². The molecule has 2 atom stereocenters. The van der Waals surface area contributed by atoms with Crippen molar-refractivity contribution >= 4 is 0 Å². The fourth-order valence-electron chi connectivity index (χ4n) is 2.67. The van der Waals surface area contributed by atoms with Crippen molar-refractivity contribution in [1.82, 2.24) is 4.90 Å². The van der Waals surface area contributed by atoms with Gasteiger partial charge in [0.05, 0.1) is 19.8 Å². The minimum absolute atomic E-state index is 0.442. The van der Waals surface area contributed by atoms with Gasteiger partial charge in [-0.25, -0.2) is 0 Å². The van der Waals surface area contributed by atoms with Gasteiger partial charge >= 0.3 is 0 Å². The van der Waals surface area contributed by atoms with Crippen LogP contribution in [0.15, 0.2) is 24.3 Å². The summed E-state index contributed by atoms with van der Waals surface area (Å²) in [4.78, 5) is 2.32. The summed E-state index contributed by atoms with van der Waals surface area (Å²) in [5.74, 6) is 0.814. The smallest absolute Gasteiger partial charge is 0.118 e. The van der Waals surface area contributed by atoms with Gasteiger partial charge in [0.15, 0.2) is 0 Å². The van der Waals surface area contributed by atoms with Gasteiger partial charge in [0, 0.05) is 19.7 Å². The summed E-state index contributed by atoms with van der Waals surface area (Å²) in [7, 11) is 3.38. The molecule has 106 valence electrons. The summed E-state index contributed by atoms with van der Waals surface area (Å²) in [6, 6.07) is 8.05. The first-order valence-electron chi connectivity index (χ1n) is 6.79. The van der Waals surface area contributed by atoms with E-state index in [1.165, 1.54) is 6.42 Å². The molecule has 1 fully saturated rings. The molecular formula is C15H23NO3. The Bertz CT molecular complexity index is 379. The Morgan fingerprint density at radius 2 is 2.05 bits per heavy atom. The van der Waals surface area contributed by atoms with Gasteiger partial charge < -0.3 is 14.6 Å². The molecule has 4 nitrogen and oxygen atoms in total. The van der Waals surface area contributed by atoms with E-state index in [2.05, 4.69) is 4.90 Å². The van der Waals surface area contributed by atoms with E-state index in [9.17, 15) is 5.11 Å². The van der Waals surface area contributed by atoms with Gasteiger partial charge in [-0.2, -0.15) is 0 Å². The van der Waals surface area contributed by atoms with Crippen molar-refractivity contribution in [2.24, 2.45) is 0 Å². The Labute approximate surface area is 114 Å². The third-order valence-electron chi connectivity index (χ3n) is 3.77. The topological polar surface area (TPSA) is 41.9 Å². The molecule has 1 N–H and O–H groups in total. The molecule has 0 unspecified atom stereocenters. The van der Waals surface area contributed by atoms with E-state index in [0.29, 0.717) is 12.6 Å². The molecule has 1 aliphatic heterocycles. The van der Waals surface area contributed by atoms with Crippen LogP contribution in [0.25, 0.3) is 0 Å².